The molecular weight excluding hydrogens is 476 g/mol. The van der Waals surface area contributed by atoms with Gasteiger partial charge in [-0.3, -0.25) is 9.59 Å². The number of rotatable bonds is 12. The fraction of sp³-hybridized carbons (Fsp3) is 0.548. The average Bonchev–Trinajstić information content (AvgIpc) is 3.19. The van der Waals surface area contributed by atoms with E-state index in [2.05, 4.69) is 36.3 Å². The van der Waals surface area contributed by atoms with Gasteiger partial charge in [-0.2, -0.15) is 0 Å². The lowest BCUT2D eigenvalue weighted by Crippen LogP contribution is -2.46. The van der Waals surface area contributed by atoms with Crippen LogP contribution in [0.2, 0.25) is 0 Å². The summed E-state index contributed by atoms with van der Waals surface area (Å²) in [5, 5.41) is 16.1. The van der Waals surface area contributed by atoms with Crippen LogP contribution in [0.15, 0.2) is 46.1 Å². The number of nitrogens with one attached hydrogen (secondary N) is 2. The molecule has 5 N–H and O–H groups in total. The van der Waals surface area contributed by atoms with E-state index in [9.17, 15) is 14.7 Å². The molecule has 7 heteroatoms. The molecule has 2 aliphatic rings. The van der Waals surface area contributed by atoms with Gasteiger partial charge in [0.05, 0.1) is 5.57 Å². The first-order chi connectivity index (χ1) is 18.2. The summed E-state index contributed by atoms with van der Waals surface area (Å²) >= 11 is 0. The van der Waals surface area contributed by atoms with E-state index >= 15 is 0 Å². The van der Waals surface area contributed by atoms with Crippen LogP contribution in [0.4, 0.5) is 5.69 Å². The summed E-state index contributed by atoms with van der Waals surface area (Å²) in [5.74, 6) is -0.114. The molecule has 2 amide bonds. The van der Waals surface area contributed by atoms with Crippen LogP contribution in [0.3, 0.4) is 0 Å². The molecule has 7 nitrogen and oxygen atoms in total. The Kier molecular flexibility index (Phi) is 10.7. The molecule has 0 bridgehead atoms. The van der Waals surface area contributed by atoms with Crippen molar-refractivity contribution in [1.29, 1.82) is 0 Å². The number of nitrogens with zero attached hydrogens (tertiary/aromatic N) is 1. The van der Waals surface area contributed by atoms with Gasteiger partial charge in [0.2, 0.25) is 0 Å². The second-order valence-corrected chi connectivity index (χ2v) is 10.7. The highest BCUT2D eigenvalue weighted by Crippen LogP contribution is 2.43. The lowest BCUT2D eigenvalue weighted by molar-refractivity contribution is -0.117. The minimum Gasteiger partial charge on any atom is -0.508 e. The molecule has 0 saturated heterocycles. The minimum atomic E-state index is -0.156. The maximum Gasteiger partial charge on any atom is 0.256 e. The third-order valence-electron chi connectivity index (χ3n) is 7.49. The molecule has 3 rings (SSSR count). The van der Waals surface area contributed by atoms with Crippen molar-refractivity contribution in [2.24, 2.45) is 5.73 Å². The summed E-state index contributed by atoms with van der Waals surface area (Å²) in [6.45, 7) is 13.7. The first-order valence-corrected chi connectivity index (χ1v) is 14.3. The van der Waals surface area contributed by atoms with E-state index in [1.807, 2.05) is 13.8 Å². The monoisotopic (exact) mass is 522 g/mol. The topological polar surface area (TPSA) is 108 Å². The van der Waals surface area contributed by atoms with Gasteiger partial charge in [-0.1, -0.05) is 32.8 Å². The molecule has 1 aliphatic heterocycles. The lowest BCUT2D eigenvalue weighted by Gasteiger charge is -2.27. The van der Waals surface area contributed by atoms with Gasteiger partial charge < -0.3 is 26.4 Å². The number of aromatic hydroxyl groups is 1. The number of nitrogens with two attached hydrogens (primary N) is 1. The highest BCUT2D eigenvalue weighted by Gasteiger charge is 2.31. The van der Waals surface area contributed by atoms with Crippen LogP contribution in [0.5, 0.6) is 5.75 Å². The van der Waals surface area contributed by atoms with Crippen LogP contribution in [-0.2, 0) is 9.59 Å². The van der Waals surface area contributed by atoms with Crippen molar-refractivity contribution in [1.82, 2.24) is 10.2 Å². The van der Waals surface area contributed by atoms with Crippen LogP contribution in [0.1, 0.15) is 85.1 Å². The SMILES string of the molecule is CCC/C(C)=C(/C(=O)NCC(N)CN(CCC)CCC)C1=C(C)/C(=C2\C(=O)Nc3ccc(O)cc32)CCC1. The number of benzene rings is 1. The van der Waals surface area contributed by atoms with Gasteiger partial charge in [-0.15, -0.1) is 0 Å². The Balaban J connectivity index is 1.92. The number of allylic oxidation sites excluding steroid dienone is 3. The zero-order valence-corrected chi connectivity index (χ0v) is 23.9. The third-order valence-corrected chi connectivity index (χ3v) is 7.49. The molecule has 0 fully saturated rings. The van der Waals surface area contributed by atoms with E-state index in [1.54, 1.807) is 18.2 Å². The van der Waals surface area contributed by atoms with E-state index < -0.39 is 0 Å². The molecule has 1 aromatic carbocycles. The number of phenolic OH excluding ortho intramolecular Hbond substituents is 1. The normalized spacial score (nSPS) is 18.9. The predicted octanol–water partition coefficient (Wildman–Crippen LogP) is 5.28. The van der Waals surface area contributed by atoms with Crippen molar-refractivity contribution in [3.63, 3.8) is 0 Å². The summed E-state index contributed by atoms with van der Waals surface area (Å²) in [7, 11) is 0. The molecule has 1 heterocycles. The van der Waals surface area contributed by atoms with Gasteiger partial charge in [-0.25, -0.2) is 0 Å². The summed E-state index contributed by atoms with van der Waals surface area (Å²) < 4.78 is 0. The Morgan fingerprint density at radius 3 is 2.53 bits per heavy atom. The number of carbonyl (C=O) groups is 2. The average molecular weight is 523 g/mol. The molecular formula is C31H46N4O3. The second-order valence-electron chi connectivity index (χ2n) is 10.7. The Morgan fingerprint density at radius 2 is 1.87 bits per heavy atom. The third kappa shape index (κ3) is 6.94. The number of phenols is 1. The van der Waals surface area contributed by atoms with Gasteiger partial charge in [0.1, 0.15) is 5.75 Å². The number of hydrogen-bond acceptors (Lipinski definition) is 5. The van der Waals surface area contributed by atoms with Crippen LogP contribution in [-0.4, -0.2) is 54.0 Å². The standard InChI is InChI=1S/C31H46N4O3/c1-6-10-20(4)28(30(37)33-18-22(32)19-35(15-7-2)16-8-3)24-11-9-12-25(21(24)5)29-26-17-23(36)13-14-27(26)34-31(29)38/h13-14,17,22,36H,6-12,15-16,18-19,32H2,1-5H3,(H,33,37)(H,34,38)/b28-20+,29-25-. The zero-order valence-electron chi connectivity index (χ0n) is 23.9. The highest BCUT2D eigenvalue weighted by molar-refractivity contribution is 6.32. The Bertz CT molecular complexity index is 1130. The van der Waals surface area contributed by atoms with Crippen LogP contribution >= 0.6 is 0 Å². The highest BCUT2D eigenvalue weighted by atomic mass is 16.3. The molecule has 0 aromatic heterocycles. The maximum atomic E-state index is 13.7. The number of fused-ring (bicyclic) bond motifs is 1. The fourth-order valence-corrected chi connectivity index (χ4v) is 5.80. The largest absolute Gasteiger partial charge is 0.508 e. The molecule has 38 heavy (non-hydrogen) atoms. The van der Waals surface area contributed by atoms with Crippen molar-refractivity contribution in [2.45, 2.75) is 85.6 Å². The lowest BCUT2D eigenvalue weighted by atomic mass is 9.79. The molecule has 0 saturated carbocycles. The van der Waals surface area contributed by atoms with Gasteiger partial charge in [0.15, 0.2) is 0 Å². The Morgan fingerprint density at radius 1 is 1.16 bits per heavy atom. The molecule has 1 aromatic rings. The van der Waals surface area contributed by atoms with Crippen molar-refractivity contribution >= 4 is 23.1 Å². The van der Waals surface area contributed by atoms with Crippen molar-refractivity contribution in [3.8, 4) is 5.75 Å². The van der Waals surface area contributed by atoms with Crippen molar-refractivity contribution < 1.29 is 14.7 Å². The number of carbonyl (C=O) groups excluding carboxylic acids is 2. The maximum absolute atomic E-state index is 13.7. The smallest absolute Gasteiger partial charge is 0.256 e. The molecule has 1 unspecified atom stereocenters. The fourth-order valence-electron chi connectivity index (χ4n) is 5.80. The Labute approximate surface area is 228 Å². The van der Waals surface area contributed by atoms with E-state index in [1.165, 1.54) is 0 Å². The molecule has 0 spiro atoms. The molecule has 1 aliphatic carbocycles. The Hall–Kier alpha value is -2.90. The van der Waals surface area contributed by atoms with E-state index in [0.29, 0.717) is 17.8 Å². The predicted molar refractivity (Wildman–Crippen MR) is 156 cm³/mol. The molecule has 1 atom stereocenters. The first-order valence-electron chi connectivity index (χ1n) is 14.3. The molecule has 208 valence electrons. The van der Waals surface area contributed by atoms with Crippen LogP contribution in [0, 0.1) is 0 Å². The van der Waals surface area contributed by atoms with Gasteiger partial charge in [-0.05, 0) is 100 Å². The van der Waals surface area contributed by atoms with Crippen LogP contribution in [0.25, 0.3) is 5.57 Å². The quantitative estimate of drug-likeness (QED) is 0.221. The van der Waals surface area contributed by atoms with E-state index in [-0.39, 0.29) is 23.6 Å². The van der Waals surface area contributed by atoms with E-state index in [4.69, 9.17) is 5.73 Å². The molecule has 0 radical (unpaired) electrons. The van der Waals surface area contributed by atoms with Crippen molar-refractivity contribution in [3.05, 3.63) is 51.6 Å². The summed E-state index contributed by atoms with van der Waals surface area (Å²) in [4.78, 5) is 29.1. The number of hydrogen-bond donors (Lipinski definition) is 4. The van der Waals surface area contributed by atoms with E-state index in [0.717, 1.165) is 98.0 Å². The van der Waals surface area contributed by atoms with Gasteiger partial charge >= 0.3 is 0 Å². The van der Waals surface area contributed by atoms with Gasteiger partial charge in [0.25, 0.3) is 11.8 Å². The number of anilines is 1. The number of amides is 2. The van der Waals surface area contributed by atoms with Gasteiger partial charge in [0, 0.05) is 36.0 Å². The summed E-state index contributed by atoms with van der Waals surface area (Å²) in [5.41, 5.74) is 13.2. The summed E-state index contributed by atoms with van der Waals surface area (Å²) in [6, 6.07) is 4.81. The van der Waals surface area contributed by atoms with Crippen LogP contribution < -0.4 is 16.4 Å². The minimum absolute atomic E-state index is 0.0848. The summed E-state index contributed by atoms with van der Waals surface area (Å²) in [6.07, 6.45) is 6.32. The zero-order chi connectivity index (χ0) is 27.8. The first kappa shape index (κ1) is 29.7. The van der Waals surface area contributed by atoms with Crippen molar-refractivity contribution in [2.75, 3.05) is 31.5 Å². The second kappa shape index (κ2) is 13.8.